The summed E-state index contributed by atoms with van der Waals surface area (Å²) in [7, 11) is 0. The summed E-state index contributed by atoms with van der Waals surface area (Å²) in [5.41, 5.74) is 0.173. The molecular formula is C15H19NO5. The standard InChI is InChI=1S/C15H19NO5/c1-2-9-5-6-16(11(7-9)15(20)21)14(19)10-3-4-12(17)13(18)8-10/h3-4,8-9,11,17-18H,2,5-7H2,1H3,(H,20,21). The minimum Gasteiger partial charge on any atom is -0.504 e. The van der Waals surface area contributed by atoms with E-state index < -0.39 is 23.7 Å². The number of aromatic hydroxyl groups is 2. The molecule has 0 bridgehead atoms. The number of amides is 1. The number of aliphatic carboxylic acids is 1. The number of phenols is 2. The average molecular weight is 293 g/mol. The Morgan fingerprint density at radius 2 is 2.00 bits per heavy atom. The van der Waals surface area contributed by atoms with Crippen molar-refractivity contribution in [3.05, 3.63) is 23.8 Å². The van der Waals surface area contributed by atoms with E-state index in [-0.39, 0.29) is 11.3 Å². The largest absolute Gasteiger partial charge is 0.504 e. The van der Waals surface area contributed by atoms with Crippen LogP contribution in [-0.4, -0.2) is 44.7 Å². The van der Waals surface area contributed by atoms with Crippen LogP contribution in [0.3, 0.4) is 0 Å². The molecule has 6 nitrogen and oxygen atoms in total. The molecule has 1 aromatic rings. The lowest BCUT2D eigenvalue weighted by Gasteiger charge is -2.37. The molecule has 1 heterocycles. The molecule has 0 aromatic heterocycles. The van der Waals surface area contributed by atoms with Gasteiger partial charge in [0.2, 0.25) is 0 Å². The Morgan fingerprint density at radius 1 is 1.29 bits per heavy atom. The summed E-state index contributed by atoms with van der Waals surface area (Å²) in [5.74, 6) is -1.85. The van der Waals surface area contributed by atoms with Crippen LogP contribution in [0.4, 0.5) is 0 Å². The summed E-state index contributed by atoms with van der Waals surface area (Å²) < 4.78 is 0. The molecule has 114 valence electrons. The number of hydrogen-bond donors (Lipinski definition) is 3. The molecule has 0 spiro atoms. The van der Waals surface area contributed by atoms with Gasteiger partial charge in [-0.25, -0.2) is 4.79 Å². The molecule has 3 N–H and O–H groups in total. The van der Waals surface area contributed by atoms with E-state index in [1.54, 1.807) is 0 Å². The van der Waals surface area contributed by atoms with E-state index in [0.29, 0.717) is 18.9 Å². The van der Waals surface area contributed by atoms with E-state index in [4.69, 9.17) is 0 Å². The minimum absolute atomic E-state index is 0.173. The number of phenolic OH excluding ortho intramolecular Hbond substituents is 2. The van der Waals surface area contributed by atoms with Gasteiger partial charge in [0.1, 0.15) is 6.04 Å². The van der Waals surface area contributed by atoms with E-state index >= 15 is 0 Å². The monoisotopic (exact) mass is 293 g/mol. The lowest BCUT2D eigenvalue weighted by molar-refractivity contribution is -0.144. The maximum absolute atomic E-state index is 12.4. The fourth-order valence-corrected chi connectivity index (χ4v) is 2.71. The molecule has 1 saturated heterocycles. The van der Waals surface area contributed by atoms with Gasteiger partial charge in [-0.2, -0.15) is 0 Å². The van der Waals surface area contributed by atoms with Crippen LogP contribution in [-0.2, 0) is 4.79 Å². The zero-order valence-electron chi connectivity index (χ0n) is 11.8. The molecule has 1 aliphatic heterocycles. The molecule has 6 heteroatoms. The van der Waals surface area contributed by atoms with Crippen LogP contribution in [0.25, 0.3) is 0 Å². The first kappa shape index (κ1) is 15.2. The van der Waals surface area contributed by atoms with Gasteiger partial charge in [-0.3, -0.25) is 4.79 Å². The molecule has 0 aliphatic carbocycles. The minimum atomic E-state index is -1.01. The van der Waals surface area contributed by atoms with Crippen molar-refractivity contribution in [3.63, 3.8) is 0 Å². The van der Waals surface area contributed by atoms with Crippen LogP contribution in [0.5, 0.6) is 11.5 Å². The number of likely N-dealkylation sites (tertiary alicyclic amines) is 1. The Labute approximate surface area is 122 Å². The molecule has 0 saturated carbocycles. The Hall–Kier alpha value is -2.24. The first-order valence-electron chi connectivity index (χ1n) is 6.99. The third-order valence-corrected chi connectivity index (χ3v) is 4.06. The second kappa shape index (κ2) is 6.03. The van der Waals surface area contributed by atoms with Gasteiger partial charge in [0.05, 0.1) is 0 Å². The number of carboxylic acids is 1. The first-order valence-corrected chi connectivity index (χ1v) is 6.99. The van der Waals surface area contributed by atoms with Gasteiger partial charge < -0.3 is 20.2 Å². The number of rotatable bonds is 3. The SMILES string of the molecule is CCC1CCN(C(=O)c2ccc(O)c(O)c2)C(C(=O)O)C1. The third-order valence-electron chi connectivity index (χ3n) is 4.06. The normalized spacial score (nSPS) is 22.0. The van der Waals surface area contributed by atoms with Crippen molar-refractivity contribution < 1.29 is 24.9 Å². The smallest absolute Gasteiger partial charge is 0.326 e. The predicted octanol–water partition coefficient (Wildman–Crippen LogP) is 1.81. The summed E-state index contributed by atoms with van der Waals surface area (Å²) in [4.78, 5) is 25.2. The number of carbonyl (C=O) groups excluding carboxylic acids is 1. The maximum Gasteiger partial charge on any atom is 0.326 e. The fraction of sp³-hybridized carbons (Fsp3) is 0.467. The number of benzene rings is 1. The van der Waals surface area contributed by atoms with E-state index in [1.165, 1.54) is 17.0 Å². The summed E-state index contributed by atoms with van der Waals surface area (Å²) in [6.07, 6.45) is 2.11. The number of piperidine rings is 1. The Bertz CT molecular complexity index is 557. The molecule has 1 amide bonds. The summed E-state index contributed by atoms with van der Waals surface area (Å²) in [6, 6.07) is 2.91. The molecule has 1 fully saturated rings. The van der Waals surface area contributed by atoms with Gasteiger partial charge in [-0.05, 0) is 37.0 Å². The highest BCUT2D eigenvalue weighted by atomic mass is 16.4. The van der Waals surface area contributed by atoms with Crippen LogP contribution in [0.2, 0.25) is 0 Å². The Balaban J connectivity index is 2.24. The molecule has 21 heavy (non-hydrogen) atoms. The fourth-order valence-electron chi connectivity index (χ4n) is 2.71. The van der Waals surface area contributed by atoms with Gasteiger partial charge in [0.25, 0.3) is 5.91 Å². The zero-order valence-corrected chi connectivity index (χ0v) is 11.8. The Morgan fingerprint density at radius 3 is 2.57 bits per heavy atom. The van der Waals surface area contributed by atoms with Crippen molar-refractivity contribution in [3.8, 4) is 11.5 Å². The highest BCUT2D eigenvalue weighted by Crippen LogP contribution is 2.29. The number of nitrogens with zero attached hydrogens (tertiary/aromatic N) is 1. The van der Waals surface area contributed by atoms with Gasteiger partial charge in [-0.15, -0.1) is 0 Å². The Kier molecular flexibility index (Phi) is 4.35. The van der Waals surface area contributed by atoms with E-state index in [1.807, 2.05) is 6.92 Å². The molecule has 0 radical (unpaired) electrons. The molecule has 1 aliphatic rings. The van der Waals surface area contributed by atoms with E-state index in [9.17, 15) is 24.9 Å². The van der Waals surface area contributed by atoms with Gasteiger partial charge in [0, 0.05) is 12.1 Å². The average Bonchev–Trinajstić information content (AvgIpc) is 2.48. The van der Waals surface area contributed by atoms with Crippen LogP contribution in [0.15, 0.2) is 18.2 Å². The van der Waals surface area contributed by atoms with Crippen molar-refractivity contribution in [2.45, 2.75) is 32.2 Å². The van der Waals surface area contributed by atoms with Crippen LogP contribution in [0, 0.1) is 5.92 Å². The maximum atomic E-state index is 12.4. The van der Waals surface area contributed by atoms with E-state index in [2.05, 4.69) is 0 Å². The van der Waals surface area contributed by atoms with Gasteiger partial charge >= 0.3 is 5.97 Å². The molecule has 2 rings (SSSR count). The van der Waals surface area contributed by atoms with Crippen molar-refractivity contribution in [2.24, 2.45) is 5.92 Å². The molecule has 2 unspecified atom stereocenters. The van der Waals surface area contributed by atoms with E-state index in [0.717, 1.165) is 18.9 Å². The van der Waals surface area contributed by atoms with Gasteiger partial charge in [-0.1, -0.05) is 13.3 Å². The quantitative estimate of drug-likeness (QED) is 0.738. The summed E-state index contributed by atoms with van der Waals surface area (Å²) in [5, 5.41) is 28.1. The van der Waals surface area contributed by atoms with Crippen LogP contribution >= 0.6 is 0 Å². The summed E-state index contributed by atoms with van der Waals surface area (Å²) in [6.45, 7) is 2.40. The van der Waals surface area contributed by atoms with Crippen molar-refractivity contribution >= 4 is 11.9 Å². The third kappa shape index (κ3) is 3.09. The highest BCUT2D eigenvalue weighted by molar-refractivity contribution is 5.97. The molecule has 2 atom stereocenters. The zero-order chi connectivity index (χ0) is 15.6. The highest BCUT2D eigenvalue weighted by Gasteiger charge is 2.36. The number of hydrogen-bond acceptors (Lipinski definition) is 4. The number of carbonyl (C=O) groups is 2. The lowest BCUT2D eigenvalue weighted by Crippen LogP contribution is -2.50. The molecular weight excluding hydrogens is 274 g/mol. The van der Waals surface area contributed by atoms with Crippen molar-refractivity contribution in [1.82, 2.24) is 4.90 Å². The molecule has 1 aromatic carbocycles. The second-order valence-corrected chi connectivity index (χ2v) is 5.35. The topological polar surface area (TPSA) is 98.1 Å². The van der Waals surface area contributed by atoms with Gasteiger partial charge in [0.15, 0.2) is 11.5 Å². The van der Waals surface area contributed by atoms with Crippen molar-refractivity contribution in [1.29, 1.82) is 0 Å². The predicted molar refractivity (Wildman–Crippen MR) is 75.2 cm³/mol. The lowest BCUT2D eigenvalue weighted by atomic mass is 9.88. The van der Waals surface area contributed by atoms with Crippen LogP contribution in [0.1, 0.15) is 36.5 Å². The van der Waals surface area contributed by atoms with Crippen molar-refractivity contribution in [2.75, 3.05) is 6.54 Å². The second-order valence-electron chi connectivity index (χ2n) is 5.35. The van der Waals surface area contributed by atoms with Crippen LogP contribution < -0.4 is 0 Å². The number of carboxylic acid groups (broad SMARTS) is 1. The first-order chi connectivity index (χ1) is 9.93. The summed E-state index contributed by atoms with van der Waals surface area (Å²) >= 11 is 0.